The van der Waals surface area contributed by atoms with Crippen molar-refractivity contribution in [3.8, 4) is 5.75 Å². The fourth-order valence-corrected chi connectivity index (χ4v) is 3.12. The van der Waals surface area contributed by atoms with E-state index in [2.05, 4.69) is 48.8 Å². The van der Waals surface area contributed by atoms with Gasteiger partial charge in [-0.2, -0.15) is 0 Å². The van der Waals surface area contributed by atoms with Crippen LogP contribution in [0.25, 0.3) is 0 Å². The van der Waals surface area contributed by atoms with Gasteiger partial charge in [0.15, 0.2) is 0 Å². The second-order valence-electron chi connectivity index (χ2n) is 7.58. The molecule has 0 heterocycles. The first-order chi connectivity index (χ1) is 12.3. The van der Waals surface area contributed by atoms with E-state index in [9.17, 15) is 4.79 Å². The normalized spacial score (nSPS) is 11.3. The number of hydrogen-bond donors (Lipinski definition) is 0. The number of ether oxygens (including phenoxy) is 1. The van der Waals surface area contributed by atoms with Gasteiger partial charge in [0, 0.05) is 20.0 Å². The fourth-order valence-electron chi connectivity index (χ4n) is 2.63. The van der Waals surface area contributed by atoms with Crippen LogP contribution in [0.5, 0.6) is 5.75 Å². The highest BCUT2D eigenvalue weighted by Gasteiger charge is 2.15. The van der Waals surface area contributed by atoms with Gasteiger partial charge in [-0.3, -0.25) is 4.79 Å². The van der Waals surface area contributed by atoms with Crippen LogP contribution in [0.4, 0.5) is 0 Å². The molecule has 2 aromatic carbocycles. The zero-order valence-corrected chi connectivity index (χ0v) is 17.7. The zero-order valence-electron chi connectivity index (χ0n) is 16.1. The Kier molecular flexibility index (Phi) is 7.27. The molecule has 2 aromatic rings. The van der Waals surface area contributed by atoms with E-state index in [4.69, 9.17) is 4.74 Å². The van der Waals surface area contributed by atoms with Gasteiger partial charge in [0.25, 0.3) is 0 Å². The lowest BCUT2D eigenvalue weighted by atomic mass is 9.87. The SMILES string of the molecule is CN(Cc1ccccc1)C(=O)CCCOc1ccc(C(C)(C)C)cc1Br. The summed E-state index contributed by atoms with van der Waals surface area (Å²) < 4.78 is 6.79. The second-order valence-corrected chi connectivity index (χ2v) is 8.44. The Hall–Kier alpha value is -1.81. The van der Waals surface area contributed by atoms with Gasteiger partial charge in [0.05, 0.1) is 11.1 Å². The number of benzene rings is 2. The van der Waals surface area contributed by atoms with E-state index >= 15 is 0 Å². The monoisotopic (exact) mass is 417 g/mol. The van der Waals surface area contributed by atoms with E-state index in [1.807, 2.05) is 43.4 Å². The van der Waals surface area contributed by atoms with E-state index in [-0.39, 0.29) is 11.3 Å². The molecule has 0 radical (unpaired) electrons. The van der Waals surface area contributed by atoms with E-state index in [0.29, 0.717) is 26.0 Å². The summed E-state index contributed by atoms with van der Waals surface area (Å²) in [5.74, 6) is 0.961. The number of rotatable bonds is 7. The lowest BCUT2D eigenvalue weighted by Crippen LogP contribution is -2.26. The van der Waals surface area contributed by atoms with Crippen molar-refractivity contribution in [3.63, 3.8) is 0 Å². The number of carbonyl (C=O) groups is 1. The predicted octanol–water partition coefficient (Wildman–Crippen LogP) is 5.56. The molecule has 0 aliphatic rings. The van der Waals surface area contributed by atoms with Crippen LogP contribution in [-0.2, 0) is 16.8 Å². The summed E-state index contributed by atoms with van der Waals surface area (Å²) >= 11 is 3.58. The van der Waals surface area contributed by atoms with Gasteiger partial charge in [-0.15, -0.1) is 0 Å². The molecule has 26 heavy (non-hydrogen) atoms. The molecule has 0 aliphatic carbocycles. The summed E-state index contributed by atoms with van der Waals surface area (Å²) in [5.41, 5.74) is 2.51. The topological polar surface area (TPSA) is 29.5 Å². The number of carbonyl (C=O) groups excluding carboxylic acids is 1. The Labute approximate surface area is 165 Å². The molecule has 0 atom stereocenters. The van der Waals surface area contributed by atoms with Crippen molar-refractivity contribution in [1.29, 1.82) is 0 Å². The molecule has 1 amide bonds. The third-order valence-corrected chi connectivity index (χ3v) is 4.90. The molecule has 2 rings (SSSR count). The Bertz CT molecular complexity index is 723. The quantitative estimate of drug-likeness (QED) is 0.551. The number of hydrogen-bond acceptors (Lipinski definition) is 2. The van der Waals surface area contributed by atoms with Crippen LogP contribution in [0.15, 0.2) is 53.0 Å². The first-order valence-electron chi connectivity index (χ1n) is 8.98. The standard InChI is InChI=1S/C22H28BrNO2/c1-22(2,3)18-12-13-20(19(23)15-18)26-14-8-11-21(25)24(4)16-17-9-6-5-7-10-17/h5-7,9-10,12-13,15H,8,11,14,16H2,1-4H3. The number of halogens is 1. The molecular weight excluding hydrogens is 390 g/mol. The Morgan fingerprint density at radius 1 is 1.12 bits per heavy atom. The first-order valence-corrected chi connectivity index (χ1v) is 9.77. The van der Waals surface area contributed by atoms with Crippen LogP contribution >= 0.6 is 15.9 Å². The van der Waals surface area contributed by atoms with Crippen LogP contribution in [0.1, 0.15) is 44.7 Å². The van der Waals surface area contributed by atoms with Gasteiger partial charge in [0.2, 0.25) is 5.91 Å². The molecule has 0 bridgehead atoms. The van der Waals surface area contributed by atoms with E-state index < -0.39 is 0 Å². The summed E-state index contributed by atoms with van der Waals surface area (Å²) in [6.45, 7) is 7.73. The van der Waals surface area contributed by atoms with Gasteiger partial charge in [-0.25, -0.2) is 0 Å². The van der Waals surface area contributed by atoms with Crippen LogP contribution in [0, 0.1) is 0 Å². The molecule has 0 fully saturated rings. The molecule has 0 spiro atoms. The summed E-state index contributed by atoms with van der Waals surface area (Å²) in [7, 11) is 1.85. The largest absolute Gasteiger partial charge is 0.492 e. The van der Waals surface area contributed by atoms with E-state index in [1.165, 1.54) is 5.56 Å². The lowest BCUT2D eigenvalue weighted by Gasteiger charge is -2.20. The highest BCUT2D eigenvalue weighted by molar-refractivity contribution is 9.10. The van der Waals surface area contributed by atoms with Crippen molar-refractivity contribution in [2.45, 2.75) is 45.6 Å². The Morgan fingerprint density at radius 2 is 1.81 bits per heavy atom. The van der Waals surface area contributed by atoms with Crippen LogP contribution in [-0.4, -0.2) is 24.5 Å². The first kappa shape index (κ1) is 20.5. The van der Waals surface area contributed by atoms with Gasteiger partial charge in [-0.05, 0) is 51.0 Å². The average molecular weight is 418 g/mol. The molecule has 0 aliphatic heterocycles. The maximum Gasteiger partial charge on any atom is 0.222 e. The van der Waals surface area contributed by atoms with Crippen molar-refractivity contribution in [3.05, 3.63) is 64.1 Å². The predicted molar refractivity (Wildman–Crippen MR) is 110 cm³/mol. The maximum atomic E-state index is 12.2. The minimum absolute atomic E-state index is 0.108. The fraction of sp³-hybridized carbons (Fsp3) is 0.409. The highest BCUT2D eigenvalue weighted by atomic mass is 79.9. The third kappa shape index (κ3) is 6.17. The summed E-state index contributed by atoms with van der Waals surface area (Å²) in [6.07, 6.45) is 1.19. The minimum Gasteiger partial charge on any atom is -0.492 e. The van der Waals surface area contributed by atoms with Crippen LogP contribution < -0.4 is 4.74 Å². The van der Waals surface area contributed by atoms with Crippen molar-refractivity contribution in [2.75, 3.05) is 13.7 Å². The van der Waals surface area contributed by atoms with E-state index in [0.717, 1.165) is 15.8 Å². The van der Waals surface area contributed by atoms with Gasteiger partial charge in [-0.1, -0.05) is 57.2 Å². The molecule has 0 saturated heterocycles. The minimum atomic E-state index is 0.108. The van der Waals surface area contributed by atoms with E-state index in [1.54, 1.807) is 4.90 Å². The zero-order chi connectivity index (χ0) is 19.2. The second kappa shape index (κ2) is 9.22. The Morgan fingerprint density at radius 3 is 2.42 bits per heavy atom. The molecular formula is C22H28BrNO2. The smallest absolute Gasteiger partial charge is 0.222 e. The molecule has 0 N–H and O–H groups in total. The number of nitrogens with zero attached hydrogens (tertiary/aromatic N) is 1. The van der Waals surface area contributed by atoms with Crippen LogP contribution in [0.2, 0.25) is 0 Å². The van der Waals surface area contributed by atoms with Crippen molar-refractivity contribution in [1.82, 2.24) is 4.90 Å². The highest BCUT2D eigenvalue weighted by Crippen LogP contribution is 2.31. The molecule has 0 aromatic heterocycles. The van der Waals surface area contributed by atoms with Gasteiger partial charge >= 0.3 is 0 Å². The molecule has 0 unspecified atom stereocenters. The summed E-state index contributed by atoms with van der Waals surface area (Å²) in [4.78, 5) is 14.0. The summed E-state index contributed by atoms with van der Waals surface area (Å²) in [6, 6.07) is 16.2. The van der Waals surface area contributed by atoms with Crippen molar-refractivity contribution in [2.24, 2.45) is 0 Å². The molecule has 3 nitrogen and oxygen atoms in total. The van der Waals surface area contributed by atoms with Crippen LogP contribution in [0.3, 0.4) is 0 Å². The average Bonchev–Trinajstić information content (AvgIpc) is 2.59. The van der Waals surface area contributed by atoms with Crippen molar-refractivity contribution >= 4 is 21.8 Å². The Balaban J connectivity index is 1.77. The summed E-state index contributed by atoms with van der Waals surface area (Å²) in [5, 5.41) is 0. The molecule has 140 valence electrons. The molecule has 4 heteroatoms. The molecule has 0 saturated carbocycles. The lowest BCUT2D eigenvalue weighted by molar-refractivity contribution is -0.130. The van der Waals surface area contributed by atoms with Gasteiger partial charge < -0.3 is 9.64 Å². The number of amides is 1. The van der Waals surface area contributed by atoms with Gasteiger partial charge in [0.1, 0.15) is 5.75 Å². The maximum absolute atomic E-state index is 12.2. The van der Waals surface area contributed by atoms with Crippen molar-refractivity contribution < 1.29 is 9.53 Å². The third-order valence-electron chi connectivity index (χ3n) is 4.28.